The lowest BCUT2D eigenvalue weighted by Gasteiger charge is -2.25. The molecule has 0 bridgehead atoms. The molecule has 0 aliphatic rings. The molecule has 0 saturated heterocycles. The Morgan fingerprint density at radius 2 is 1.91 bits per heavy atom. The Balaban J connectivity index is 1.96. The first kappa shape index (κ1) is 17.1. The molecule has 124 valence electrons. The van der Waals surface area contributed by atoms with Crippen molar-refractivity contribution in [1.29, 1.82) is 0 Å². The van der Waals surface area contributed by atoms with Gasteiger partial charge in [-0.3, -0.25) is 4.79 Å². The van der Waals surface area contributed by atoms with Crippen LogP contribution in [0.15, 0.2) is 41.0 Å². The number of nitrogens with zero attached hydrogens (tertiary/aromatic N) is 1. The summed E-state index contributed by atoms with van der Waals surface area (Å²) in [6.07, 6.45) is 2.29. The molecule has 1 aromatic carbocycles. The first-order valence-electron chi connectivity index (χ1n) is 7.38. The number of aryl methyl sites for hydroxylation is 1. The number of benzene rings is 1. The van der Waals surface area contributed by atoms with Gasteiger partial charge in [-0.15, -0.1) is 0 Å². The minimum atomic E-state index is -0.617. The largest absolute Gasteiger partial charge is 0.469 e. The number of amides is 1. The van der Waals surface area contributed by atoms with Crippen LogP contribution in [0.1, 0.15) is 23.8 Å². The van der Waals surface area contributed by atoms with Gasteiger partial charge in [0.05, 0.1) is 12.3 Å². The third-order valence-corrected chi connectivity index (χ3v) is 3.63. The Bertz CT molecular complexity index is 622. The Hall–Kier alpha value is -2.21. The molecule has 0 unspecified atom stereocenters. The molecule has 0 radical (unpaired) electrons. The Morgan fingerprint density at radius 3 is 2.48 bits per heavy atom. The van der Waals surface area contributed by atoms with Gasteiger partial charge < -0.3 is 14.6 Å². The third kappa shape index (κ3) is 4.63. The van der Waals surface area contributed by atoms with Gasteiger partial charge in [0.2, 0.25) is 5.91 Å². The van der Waals surface area contributed by atoms with Crippen molar-refractivity contribution in [3.8, 4) is 0 Å². The molecule has 6 heteroatoms. The number of rotatable bonds is 7. The van der Waals surface area contributed by atoms with Gasteiger partial charge in [0.15, 0.2) is 0 Å². The molecule has 1 aromatic heterocycles. The maximum absolute atomic E-state index is 13.9. The summed E-state index contributed by atoms with van der Waals surface area (Å²) in [7, 11) is 3.43. The number of hydrogen-bond acceptors (Lipinski definition) is 3. The van der Waals surface area contributed by atoms with Crippen molar-refractivity contribution in [3.05, 3.63) is 59.6 Å². The van der Waals surface area contributed by atoms with Crippen molar-refractivity contribution in [3.63, 3.8) is 0 Å². The summed E-state index contributed by atoms with van der Waals surface area (Å²) in [4.78, 5) is 13.6. The summed E-state index contributed by atoms with van der Waals surface area (Å²) in [6.45, 7) is 0.127. The minimum Gasteiger partial charge on any atom is -0.469 e. The molecule has 0 aliphatic carbocycles. The van der Waals surface area contributed by atoms with Gasteiger partial charge in [-0.05, 0) is 38.4 Å². The zero-order valence-corrected chi connectivity index (χ0v) is 13.2. The standard InChI is InChI=1S/C17H20F2N2O2/c1-21(2)15(17-13(18)6-3-7-14(17)19)11-20-16(22)9-8-12-5-4-10-23-12/h3-7,10,15H,8-9,11H2,1-2H3,(H,20,22)/t15-/m1/s1. The smallest absolute Gasteiger partial charge is 0.220 e. The summed E-state index contributed by atoms with van der Waals surface area (Å²) in [6, 6.07) is 6.73. The maximum atomic E-state index is 13.9. The maximum Gasteiger partial charge on any atom is 0.220 e. The van der Waals surface area contributed by atoms with E-state index in [4.69, 9.17) is 4.42 Å². The van der Waals surface area contributed by atoms with Crippen molar-refractivity contribution >= 4 is 5.91 Å². The number of halogens is 2. The highest BCUT2D eigenvalue weighted by atomic mass is 19.1. The van der Waals surface area contributed by atoms with E-state index >= 15 is 0 Å². The van der Waals surface area contributed by atoms with Crippen LogP contribution < -0.4 is 5.32 Å². The topological polar surface area (TPSA) is 45.5 Å². The van der Waals surface area contributed by atoms with E-state index in [1.165, 1.54) is 18.2 Å². The Morgan fingerprint density at radius 1 is 1.22 bits per heavy atom. The van der Waals surface area contributed by atoms with Crippen LogP contribution in [0.5, 0.6) is 0 Å². The second kappa shape index (κ2) is 7.87. The van der Waals surface area contributed by atoms with Crippen LogP contribution in [0.2, 0.25) is 0 Å². The lowest BCUT2D eigenvalue weighted by molar-refractivity contribution is -0.121. The van der Waals surface area contributed by atoms with E-state index in [-0.39, 0.29) is 24.4 Å². The second-order valence-corrected chi connectivity index (χ2v) is 5.50. The lowest BCUT2D eigenvalue weighted by atomic mass is 10.0. The SMILES string of the molecule is CN(C)[C@H](CNC(=O)CCc1ccco1)c1c(F)cccc1F. The summed E-state index contributed by atoms with van der Waals surface area (Å²) < 4.78 is 33.0. The van der Waals surface area contributed by atoms with E-state index in [1.54, 1.807) is 37.4 Å². The van der Waals surface area contributed by atoms with Gasteiger partial charge in [0.25, 0.3) is 0 Å². The zero-order chi connectivity index (χ0) is 16.8. The van der Waals surface area contributed by atoms with Crippen molar-refractivity contribution in [2.45, 2.75) is 18.9 Å². The van der Waals surface area contributed by atoms with Gasteiger partial charge in [0, 0.05) is 24.9 Å². The van der Waals surface area contributed by atoms with Gasteiger partial charge in [0.1, 0.15) is 17.4 Å². The van der Waals surface area contributed by atoms with Crippen molar-refractivity contribution in [1.82, 2.24) is 10.2 Å². The molecule has 1 heterocycles. The molecule has 4 nitrogen and oxygen atoms in total. The van der Waals surface area contributed by atoms with Crippen LogP contribution in [0, 0.1) is 11.6 Å². The number of hydrogen-bond donors (Lipinski definition) is 1. The van der Waals surface area contributed by atoms with Crippen LogP contribution in [0.25, 0.3) is 0 Å². The summed E-state index contributed by atoms with van der Waals surface area (Å²) in [5, 5.41) is 2.72. The fourth-order valence-corrected chi connectivity index (χ4v) is 2.36. The highest BCUT2D eigenvalue weighted by Crippen LogP contribution is 2.23. The van der Waals surface area contributed by atoms with E-state index in [0.717, 1.165) is 5.76 Å². The average Bonchev–Trinajstić information content (AvgIpc) is 3.01. The fourth-order valence-electron chi connectivity index (χ4n) is 2.36. The molecule has 0 saturated carbocycles. The molecule has 0 aliphatic heterocycles. The highest BCUT2D eigenvalue weighted by molar-refractivity contribution is 5.76. The number of furan rings is 1. The normalized spacial score (nSPS) is 12.4. The minimum absolute atomic E-state index is 0.0381. The summed E-state index contributed by atoms with van der Waals surface area (Å²) in [5.41, 5.74) is -0.0381. The van der Waals surface area contributed by atoms with Crippen LogP contribution in [0.4, 0.5) is 8.78 Å². The molecule has 1 N–H and O–H groups in total. The van der Waals surface area contributed by atoms with Crippen molar-refractivity contribution < 1.29 is 18.0 Å². The van der Waals surface area contributed by atoms with Crippen molar-refractivity contribution in [2.24, 2.45) is 0 Å². The predicted octanol–water partition coefficient (Wildman–Crippen LogP) is 2.91. The number of likely N-dealkylation sites (N-methyl/N-ethyl adjacent to an activating group) is 1. The predicted molar refractivity (Wildman–Crippen MR) is 82.8 cm³/mol. The van der Waals surface area contributed by atoms with E-state index < -0.39 is 17.7 Å². The average molecular weight is 322 g/mol. The molecule has 1 atom stereocenters. The van der Waals surface area contributed by atoms with Gasteiger partial charge in [-0.1, -0.05) is 6.07 Å². The Kier molecular flexibility index (Phi) is 5.87. The van der Waals surface area contributed by atoms with Gasteiger partial charge >= 0.3 is 0 Å². The zero-order valence-electron chi connectivity index (χ0n) is 13.2. The monoisotopic (exact) mass is 322 g/mol. The number of carbonyl (C=O) groups excluding carboxylic acids is 1. The molecular formula is C17H20F2N2O2. The molecule has 2 rings (SSSR count). The lowest BCUT2D eigenvalue weighted by Crippen LogP contribution is -2.35. The van der Waals surface area contributed by atoms with Crippen LogP contribution in [-0.4, -0.2) is 31.4 Å². The van der Waals surface area contributed by atoms with Crippen LogP contribution in [0.3, 0.4) is 0 Å². The highest BCUT2D eigenvalue weighted by Gasteiger charge is 2.22. The number of nitrogens with one attached hydrogen (secondary N) is 1. The second-order valence-electron chi connectivity index (χ2n) is 5.50. The van der Waals surface area contributed by atoms with Gasteiger partial charge in [-0.25, -0.2) is 8.78 Å². The molecular weight excluding hydrogens is 302 g/mol. The van der Waals surface area contributed by atoms with E-state index in [9.17, 15) is 13.6 Å². The molecule has 0 fully saturated rings. The van der Waals surface area contributed by atoms with Gasteiger partial charge in [-0.2, -0.15) is 0 Å². The third-order valence-electron chi connectivity index (χ3n) is 3.63. The molecule has 1 amide bonds. The van der Waals surface area contributed by atoms with E-state index in [1.807, 2.05) is 0 Å². The number of carbonyl (C=O) groups is 1. The quantitative estimate of drug-likeness (QED) is 0.852. The first-order chi connectivity index (χ1) is 11.0. The summed E-state index contributed by atoms with van der Waals surface area (Å²) >= 11 is 0. The van der Waals surface area contributed by atoms with Crippen LogP contribution >= 0.6 is 0 Å². The molecule has 0 spiro atoms. The molecule has 23 heavy (non-hydrogen) atoms. The summed E-state index contributed by atoms with van der Waals surface area (Å²) in [5.74, 6) is -0.698. The van der Waals surface area contributed by atoms with Crippen molar-refractivity contribution in [2.75, 3.05) is 20.6 Å². The molecule has 2 aromatic rings. The first-order valence-corrected chi connectivity index (χ1v) is 7.38. The fraction of sp³-hybridized carbons (Fsp3) is 0.353. The van der Waals surface area contributed by atoms with E-state index in [0.29, 0.717) is 6.42 Å². The Labute approximate surface area is 134 Å². The van der Waals surface area contributed by atoms with E-state index in [2.05, 4.69) is 5.32 Å². The van der Waals surface area contributed by atoms with Crippen LogP contribution in [-0.2, 0) is 11.2 Å².